The van der Waals surface area contributed by atoms with Crippen LogP contribution in [0, 0.1) is 11.6 Å². The van der Waals surface area contributed by atoms with E-state index in [1.54, 1.807) is 30.3 Å². The maximum Gasteiger partial charge on any atom is 0.274 e. The monoisotopic (exact) mass is 436 g/mol. The van der Waals surface area contributed by atoms with Crippen molar-refractivity contribution in [1.82, 2.24) is 10.3 Å². The number of methoxy groups -OCH3 is 1. The summed E-state index contributed by atoms with van der Waals surface area (Å²) in [6.07, 6.45) is 1.03. The molecule has 2 atom stereocenters. The molecule has 0 unspecified atom stereocenters. The highest BCUT2D eigenvalue weighted by Gasteiger charge is 2.38. The maximum atomic E-state index is 14.5. The van der Waals surface area contributed by atoms with E-state index in [0.717, 1.165) is 25.2 Å². The molecule has 2 fully saturated rings. The highest BCUT2D eigenvalue weighted by molar-refractivity contribution is 6.05. The van der Waals surface area contributed by atoms with Crippen LogP contribution in [0.1, 0.15) is 16.9 Å². The van der Waals surface area contributed by atoms with Crippen molar-refractivity contribution in [2.75, 3.05) is 30.4 Å². The molecule has 2 saturated heterocycles. The minimum Gasteiger partial charge on any atom is -0.496 e. The van der Waals surface area contributed by atoms with Gasteiger partial charge in [-0.05, 0) is 48.9 Å². The second kappa shape index (κ2) is 8.20. The van der Waals surface area contributed by atoms with Gasteiger partial charge in [0.05, 0.1) is 29.7 Å². The van der Waals surface area contributed by atoms with Gasteiger partial charge in [0, 0.05) is 25.2 Å². The lowest BCUT2D eigenvalue weighted by Gasteiger charge is -2.31. The molecule has 0 spiro atoms. The third kappa shape index (κ3) is 3.67. The summed E-state index contributed by atoms with van der Waals surface area (Å²) >= 11 is 0. The molecule has 3 heterocycles. The smallest absolute Gasteiger partial charge is 0.274 e. The van der Waals surface area contributed by atoms with Crippen molar-refractivity contribution in [3.05, 3.63) is 71.9 Å². The fourth-order valence-corrected chi connectivity index (χ4v) is 4.52. The Balaban J connectivity index is 1.45. The largest absolute Gasteiger partial charge is 0.496 e. The third-order valence-electron chi connectivity index (χ3n) is 6.01. The van der Waals surface area contributed by atoms with Gasteiger partial charge in [0.25, 0.3) is 5.91 Å². The van der Waals surface area contributed by atoms with Crippen LogP contribution in [0.25, 0.3) is 11.3 Å². The molecule has 164 valence electrons. The number of anilines is 2. The molecule has 2 aromatic carbocycles. The van der Waals surface area contributed by atoms with Crippen molar-refractivity contribution < 1.29 is 18.3 Å². The lowest BCUT2D eigenvalue weighted by molar-refractivity contribution is 0.102. The Morgan fingerprint density at radius 3 is 2.78 bits per heavy atom. The molecular formula is C24H22F2N4O2. The van der Waals surface area contributed by atoms with Crippen LogP contribution in [0.2, 0.25) is 0 Å². The second-order valence-corrected chi connectivity index (χ2v) is 7.99. The average Bonchev–Trinajstić information content (AvgIpc) is 3.43. The second-order valence-electron chi connectivity index (χ2n) is 7.99. The fourth-order valence-electron chi connectivity index (χ4n) is 4.52. The Morgan fingerprint density at radius 1 is 1.19 bits per heavy atom. The normalized spacial score (nSPS) is 19.3. The Hall–Kier alpha value is -3.52. The van der Waals surface area contributed by atoms with Crippen molar-refractivity contribution in [3.63, 3.8) is 0 Å². The minimum absolute atomic E-state index is 0.0904. The topological polar surface area (TPSA) is 66.5 Å². The third-order valence-corrected chi connectivity index (χ3v) is 6.01. The van der Waals surface area contributed by atoms with Crippen LogP contribution in [0.4, 0.5) is 20.2 Å². The van der Waals surface area contributed by atoms with Gasteiger partial charge in [-0.15, -0.1) is 0 Å². The van der Waals surface area contributed by atoms with Crippen molar-refractivity contribution >= 4 is 17.3 Å². The molecule has 32 heavy (non-hydrogen) atoms. The van der Waals surface area contributed by atoms with Crippen molar-refractivity contribution in [3.8, 4) is 17.0 Å². The number of aromatic nitrogens is 1. The number of pyridine rings is 1. The molecular weight excluding hydrogens is 414 g/mol. The average molecular weight is 436 g/mol. The molecule has 2 aliphatic heterocycles. The number of nitrogens with zero attached hydrogens (tertiary/aromatic N) is 2. The van der Waals surface area contributed by atoms with Gasteiger partial charge in [0.15, 0.2) is 0 Å². The summed E-state index contributed by atoms with van der Waals surface area (Å²) in [7, 11) is 1.45. The summed E-state index contributed by atoms with van der Waals surface area (Å²) < 4.78 is 33.8. The zero-order valence-electron chi connectivity index (χ0n) is 17.4. The van der Waals surface area contributed by atoms with E-state index < -0.39 is 17.5 Å². The lowest BCUT2D eigenvalue weighted by Crippen LogP contribution is -2.44. The number of rotatable bonds is 5. The number of hydrogen-bond donors (Lipinski definition) is 2. The first kappa shape index (κ1) is 20.4. The Kier molecular flexibility index (Phi) is 5.22. The standard InChI is InChI=1S/C24H22F2N4O2/c1-32-22-7-2-4-17(26)23(22)18-5-3-6-19(28-18)24(31)29-20-10-14(25)8-9-21(20)30-13-15-11-16(30)12-27-15/h2-10,15-16,27H,11-13H2,1H3,(H,29,31)/t15-,16-/m1/s1. The molecule has 3 aromatic rings. The summed E-state index contributed by atoms with van der Waals surface area (Å²) in [5, 5.41) is 6.23. The van der Waals surface area contributed by atoms with Gasteiger partial charge < -0.3 is 20.3 Å². The van der Waals surface area contributed by atoms with Gasteiger partial charge in [-0.25, -0.2) is 13.8 Å². The summed E-state index contributed by atoms with van der Waals surface area (Å²) in [6, 6.07) is 14.4. The number of amides is 1. The first-order valence-corrected chi connectivity index (χ1v) is 10.4. The Morgan fingerprint density at radius 2 is 2.03 bits per heavy atom. The zero-order valence-corrected chi connectivity index (χ0v) is 17.4. The van der Waals surface area contributed by atoms with Gasteiger partial charge >= 0.3 is 0 Å². The highest BCUT2D eigenvalue weighted by atomic mass is 19.1. The number of piperazine rings is 1. The predicted octanol–water partition coefficient (Wildman–Crippen LogP) is 3.84. The number of benzene rings is 2. The van der Waals surface area contributed by atoms with Crippen LogP contribution < -0.4 is 20.3 Å². The molecule has 6 nitrogen and oxygen atoms in total. The van der Waals surface area contributed by atoms with Gasteiger partial charge in [-0.2, -0.15) is 0 Å². The maximum absolute atomic E-state index is 14.5. The fraction of sp³-hybridized carbons (Fsp3) is 0.250. The predicted molar refractivity (Wildman–Crippen MR) is 118 cm³/mol. The number of halogens is 2. The Labute approximate surface area is 184 Å². The highest BCUT2D eigenvalue weighted by Crippen LogP contribution is 2.35. The number of carbonyl (C=O) groups excluding carboxylic acids is 1. The number of fused-ring (bicyclic) bond motifs is 2. The molecule has 1 aromatic heterocycles. The number of hydrogen-bond acceptors (Lipinski definition) is 5. The molecule has 0 radical (unpaired) electrons. The molecule has 2 N–H and O–H groups in total. The lowest BCUT2D eigenvalue weighted by atomic mass is 10.1. The summed E-state index contributed by atoms with van der Waals surface area (Å²) in [6.45, 7) is 1.67. The quantitative estimate of drug-likeness (QED) is 0.636. The van der Waals surface area contributed by atoms with Crippen LogP contribution >= 0.6 is 0 Å². The van der Waals surface area contributed by atoms with Crippen LogP contribution in [0.3, 0.4) is 0 Å². The van der Waals surface area contributed by atoms with E-state index in [9.17, 15) is 13.6 Å². The van der Waals surface area contributed by atoms with Gasteiger partial charge in [-0.3, -0.25) is 4.79 Å². The molecule has 8 heteroatoms. The van der Waals surface area contributed by atoms with E-state index >= 15 is 0 Å². The molecule has 1 amide bonds. The van der Waals surface area contributed by atoms with Gasteiger partial charge in [-0.1, -0.05) is 12.1 Å². The summed E-state index contributed by atoms with van der Waals surface area (Å²) in [4.78, 5) is 19.6. The van der Waals surface area contributed by atoms with Crippen LogP contribution in [-0.2, 0) is 0 Å². The van der Waals surface area contributed by atoms with Crippen LogP contribution in [0.15, 0.2) is 54.6 Å². The number of carbonyl (C=O) groups is 1. The Bertz CT molecular complexity index is 1190. The van der Waals surface area contributed by atoms with E-state index in [4.69, 9.17) is 4.74 Å². The minimum atomic E-state index is -0.503. The van der Waals surface area contributed by atoms with Crippen LogP contribution in [0.5, 0.6) is 5.75 Å². The van der Waals surface area contributed by atoms with E-state index in [2.05, 4.69) is 20.5 Å². The molecule has 0 aliphatic carbocycles. The summed E-state index contributed by atoms with van der Waals surface area (Å²) in [5.74, 6) is -1.12. The van der Waals surface area contributed by atoms with Gasteiger partial charge in [0.1, 0.15) is 23.1 Å². The molecule has 2 aliphatic rings. The van der Waals surface area contributed by atoms with E-state index in [1.165, 1.54) is 31.4 Å². The van der Waals surface area contributed by atoms with E-state index in [-0.39, 0.29) is 17.0 Å². The number of ether oxygens (including phenoxy) is 1. The van der Waals surface area contributed by atoms with E-state index in [1.807, 2.05) is 0 Å². The van der Waals surface area contributed by atoms with Gasteiger partial charge in [0.2, 0.25) is 0 Å². The SMILES string of the molecule is COc1cccc(F)c1-c1cccc(C(=O)Nc2cc(F)ccc2N2C[C@H]3C[C@@H]2CN3)n1. The van der Waals surface area contributed by atoms with Crippen molar-refractivity contribution in [1.29, 1.82) is 0 Å². The first-order chi connectivity index (χ1) is 15.5. The van der Waals surface area contributed by atoms with Crippen molar-refractivity contribution in [2.45, 2.75) is 18.5 Å². The van der Waals surface area contributed by atoms with Crippen molar-refractivity contribution in [2.24, 2.45) is 0 Å². The molecule has 0 saturated carbocycles. The van der Waals surface area contributed by atoms with Crippen LogP contribution in [-0.4, -0.2) is 43.2 Å². The molecule has 2 bridgehead atoms. The zero-order chi connectivity index (χ0) is 22.2. The number of nitrogens with one attached hydrogen (secondary N) is 2. The van der Waals surface area contributed by atoms with E-state index in [0.29, 0.717) is 23.5 Å². The molecule has 5 rings (SSSR count). The summed E-state index contributed by atoms with van der Waals surface area (Å²) in [5.41, 5.74) is 1.71. The first-order valence-electron chi connectivity index (χ1n) is 10.4.